The summed E-state index contributed by atoms with van der Waals surface area (Å²) in [6.07, 6.45) is 4.67. The summed E-state index contributed by atoms with van der Waals surface area (Å²) in [6.45, 7) is 2.18. The number of carbonyl (C=O) groups excluding carboxylic acids is 2. The quantitative estimate of drug-likeness (QED) is 0.874. The molecule has 0 aliphatic rings. The van der Waals surface area contributed by atoms with Gasteiger partial charge in [-0.15, -0.1) is 11.3 Å². The first-order valence-electron chi connectivity index (χ1n) is 5.68. The Morgan fingerprint density at radius 1 is 1.47 bits per heavy atom. The van der Waals surface area contributed by atoms with Crippen molar-refractivity contribution in [3.05, 3.63) is 35.2 Å². The Bertz CT molecular complexity index is 563. The number of furan rings is 1. The van der Waals surface area contributed by atoms with Crippen molar-refractivity contribution in [1.82, 2.24) is 10.3 Å². The van der Waals surface area contributed by atoms with Gasteiger partial charge in [0, 0.05) is 24.0 Å². The van der Waals surface area contributed by atoms with Crippen LogP contribution in [0.1, 0.15) is 21.7 Å². The first-order valence-corrected chi connectivity index (χ1v) is 6.49. The summed E-state index contributed by atoms with van der Waals surface area (Å²) in [5.74, 6) is -0.437. The van der Waals surface area contributed by atoms with Gasteiger partial charge in [-0.1, -0.05) is 0 Å². The van der Waals surface area contributed by atoms with Gasteiger partial charge in [-0.05, 0) is 13.0 Å². The fourth-order valence-electron chi connectivity index (χ4n) is 1.38. The Morgan fingerprint density at radius 3 is 2.95 bits per heavy atom. The number of anilines is 1. The average Bonchev–Trinajstić information content (AvgIpc) is 3.00. The lowest BCUT2D eigenvalue weighted by molar-refractivity contribution is -0.116. The number of hydrogen-bond acceptors (Lipinski definition) is 5. The van der Waals surface area contributed by atoms with E-state index in [1.807, 2.05) is 6.92 Å². The molecule has 0 aliphatic heterocycles. The molecule has 0 saturated carbocycles. The maximum atomic E-state index is 11.6. The lowest BCUT2D eigenvalue weighted by Crippen LogP contribution is -2.27. The molecule has 19 heavy (non-hydrogen) atoms. The highest BCUT2D eigenvalue weighted by molar-refractivity contribution is 7.15. The molecule has 100 valence electrons. The van der Waals surface area contributed by atoms with E-state index in [0.717, 1.165) is 4.88 Å². The Balaban J connectivity index is 1.71. The number of aromatic nitrogens is 1. The minimum absolute atomic E-state index is 0.179. The molecule has 7 heteroatoms. The number of hydrogen-bond donors (Lipinski definition) is 2. The summed E-state index contributed by atoms with van der Waals surface area (Å²) >= 11 is 1.41. The Kier molecular flexibility index (Phi) is 4.30. The molecular weight excluding hydrogens is 266 g/mol. The fraction of sp³-hybridized carbons (Fsp3) is 0.250. The molecule has 0 fully saturated rings. The van der Waals surface area contributed by atoms with E-state index in [1.54, 1.807) is 12.3 Å². The van der Waals surface area contributed by atoms with Crippen LogP contribution in [0.3, 0.4) is 0 Å². The van der Waals surface area contributed by atoms with Crippen LogP contribution in [-0.4, -0.2) is 23.3 Å². The maximum absolute atomic E-state index is 11.6. The highest BCUT2D eigenvalue weighted by atomic mass is 32.1. The number of amides is 2. The van der Waals surface area contributed by atoms with Crippen molar-refractivity contribution in [1.29, 1.82) is 0 Å². The standard InChI is InChI=1S/C12H13N3O3S/c1-8-6-14-12(19-8)15-10(16)2-4-13-11(17)9-3-5-18-7-9/h3,5-7H,2,4H2,1H3,(H,13,17)(H,14,15,16). The Morgan fingerprint density at radius 2 is 2.32 bits per heavy atom. The van der Waals surface area contributed by atoms with Crippen LogP contribution >= 0.6 is 11.3 Å². The molecule has 0 saturated heterocycles. The monoisotopic (exact) mass is 279 g/mol. The van der Waals surface area contributed by atoms with Crippen molar-refractivity contribution in [3.63, 3.8) is 0 Å². The Hall–Kier alpha value is -2.15. The number of rotatable bonds is 5. The first kappa shape index (κ1) is 13.3. The van der Waals surface area contributed by atoms with Crippen molar-refractivity contribution < 1.29 is 14.0 Å². The number of carbonyl (C=O) groups is 2. The van der Waals surface area contributed by atoms with Crippen LogP contribution in [0.15, 0.2) is 29.2 Å². The molecule has 6 nitrogen and oxygen atoms in total. The van der Waals surface area contributed by atoms with Gasteiger partial charge in [0.1, 0.15) is 6.26 Å². The van der Waals surface area contributed by atoms with E-state index in [-0.39, 0.29) is 24.8 Å². The Labute approximate surface area is 113 Å². The molecule has 2 N–H and O–H groups in total. The van der Waals surface area contributed by atoms with E-state index in [4.69, 9.17) is 4.42 Å². The van der Waals surface area contributed by atoms with Gasteiger partial charge in [0.15, 0.2) is 5.13 Å². The predicted octanol–water partition coefficient (Wildman–Crippen LogP) is 1.80. The third-order valence-corrected chi connectivity index (χ3v) is 3.12. The molecule has 0 atom stereocenters. The van der Waals surface area contributed by atoms with Crippen LogP contribution in [0.5, 0.6) is 0 Å². The SMILES string of the molecule is Cc1cnc(NC(=O)CCNC(=O)c2ccoc2)s1. The van der Waals surface area contributed by atoms with E-state index in [1.165, 1.54) is 23.9 Å². The molecule has 2 aromatic rings. The minimum atomic E-state index is -0.258. The molecule has 0 aromatic carbocycles. The molecule has 2 amide bonds. The zero-order chi connectivity index (χ0) is 13.7. The summed E-state index contributed by atoms with van der Waals surface area (Å²) in [7, 11) is 0. The number of nitrogens with one attached hydrogen (secondary N) is 2. The number of aryl methyl sites for hydroxylation is 1. The average molecular weight is 279 g/mol. The topological polar surface area (TPSA) is 84.2 Å². The first-order chi connectivity index (χ1) is 9.15. The number of thiazole rings is 1. The summed E-state index contributed by atoms with van der Waals surface area (Å²) in [6, 6.07) is 1.56. The predicted molar refractivity (Wildman–Crippen MR) is 71.1 cm³/mol. The van der Waals surface area contributed by atoms with Gasteiger partial charge in [0.2, 0.25) is 5.91 Å². The summed E-state index contributed by atoms with van der Waals surface area (Å²) in [4.78, 5) is 28.2. The molecule has 2 aromatic heterocycles. The van der Waals surface area contributed by atoms with Gasteiger partial charge in [-0.25, -0.2) is 4.98 Å². The van der Waals surface area contributed by atoms with E-state index >= 15 is 0 Å². The van der Waals surface area contributed by atoms with Crippen LogP contribution in [0.25, 0.3) is 0 Å². The summed E-state index contributed by atoms with van der Waals surface area (Å²) in [5.41, 5.74) is 0.441. The van der Waals surface area contributed by atoms with E-state index in [9.17, 15) is 9.59 Å². The lowest BCUT2D eigenvalue weighted by atomic mass is 10.3. The smallest absolute Gasteiger partial charge is 0.254 e. The second-order valence-corrected chi connectivity index (χ2v) is 5.08. The summed E-state index contributed by atoms with van der Waals surface area (Å²) < 4.78 is 4.80. The molecule has 0 unspecified atom stereocenters. The van der Waals surface area contributed by atoms with Gasteiger partial charge in [-0.3, -0.25) is 9.59 Å². The van der Waals surface area contributed by atoms with E-state index in [0.29, 0.717) is 10.7 Å². The third-order valence-electron chi connectivity index (χ3n) is 2.29. The zero-order valence-electron chi connectivity index (χ0n) is 10.3. The summed E-state index contributed by atoms with van der Waals surface area (Å²) in [5, 5.41) is 5.87. The van der Waals surface area contributed by atoms with Gasteiger partial charge < -0.3 is 15.1 Å². The normalized spacial score (nSPS) is 10.2. The van der Waals surface area contributed by atoms with Crippen molar-refractivity contribution in [3.8, 4) is 0 Å². The van der Waals surface area contributed by atoms with E-state index in [2.05, 4.69) is 15.6 Å². The van der Waals surface area contributed by atoms with Crippen LogP contribution in [0.4, 0.5) is 5.13 Å². The van der Waals surface area contributed by atoms with Crippen molar-refractivity contribution >= 4 is 28.3 Å². The van der Waals surface area contributed by atoms with Crippen molar-refractivity contribution in [2.24, 2.45) is 0 Å². The molecule has 0 aliphatic carbocycles. The van der Waals surface area contributed by atoms with Gasteiger partial charge >= 0.3 is 0 Å². The van der Waals surface area contributed by atoms with Crippen LogP contribution < -0.4 is 10.6 Å². The zero-order valence-corrected chi connectivity index (χ0v) is 11.1. The number of nitrogens with zero attached hydrogens (tertiary/aromatic N) is 1. The lowest BCUT2D eigenvalue weighted by Gasteiger charge is -2.03. The maximum Gasteiger partial charge on any atom is 0.254 e. The second-order valence-electron chi connectivity index (χ2n) is 3.84. The highest BCUT2D eigenvalue weighted by Gasteiger charge is 2.08. The largest absolute Gasteiger partial charge is 0.472 e. The van der Waals surface area contributed by atoms with Crippen LogP contribution in [-0.2, 0) is 4.79 Å². The van der Waals surface area contributed by atoms with E-state index < -0.39 is 0 Å². The highest BCUT2D eigenvalue weighted by Crippen LogP contribution is 2.16. The van der Waals surface area contributed by atoms with Gasteiger partial charge in [0.05, 0.1) is 11.8 Å². The fourth-order valence-corrected chi connectivity index (χ4v) is 2.06. The molecule has 0 radical (unpaired) electrons. The van der Waals surface area contributed by atoms with Crippen molar-refractivity contribution in [2.75, 3.05) is 11.9 Å². The van der Waals surface area contributed by atoms with Gasteiger partial charge in [0.25, 0.3) is 5.91 Å². The molecule has 0 bridgehead atoms. The molecular formula is C12H13N3O3S. The minimum Gasteiger partial charge on any atom is -0.472 e. The molecule has 2 rings (SSSR count). The van der Waals surface area contributed by atoms with Crippen LogP contribution in [0, 0.1) is 6.92 Å². The molecule has 0 spiro atoms. The van der Waals surface area contributed by atoms with Gasteiger partial charge in [-0.2, -0.15) is 0 Å². The molecule has 2 heterocycles. The van der Waals surface area contributed by atoms with Crippen molar-refractivity contribution in [2.45, 2.75) is 13.3 Å². The van der Waals surface area contributed by atoms with Crippen LogP contribution in [0.2, 0.25) is 0 Å². The third kappa shape index (κ3) is 3.92. The second kappa shape index (κ2) is 6.14.